The van der Waals surface area contributed by atoms with Crippen molar-refractivity contribution in [3.63, 3.8) is 0 Å². The van der Waals surface area contributed by atoms with E-state index in [4.69, 9.17) is 13.7 Å². The zero-order chi connectivity index (χ0) is 19.7. The molecule has 7 heteroatoms. The topological polar surface area (TPSA) is 81.6 Å². The number of rotatable bonds is 5. The minimum Gasteiger partial charge on any atom is -0.493 e. The zero-order valence-corrected chi connectivity index (χ0v) is 15.8. The first-order valence-electron chi connectivity index (χ1n) is 8.77. The fourth-order valence-corrected chi connectivity index (χ4v) is 2.90. The van der Waals surface area contributed by atoms with E-state index in [0.29, 0.717) is 23.0 Å². The van der Waals surface area contributed by atoms with Gasteiger partial charge < -0.3 is 18.6 Å². The number of carbonyl (C=O) groups excluding carboxylic acids is 1. The van der Waals surface area contributed by atoms with Crippen LogP contribution in [0.15, 0.2) is 57.5 Å². The van der Waals surface area contributed by atoms with Crippen molar-refractivity contribution in [2.24, 2.45) is 0 Å². The second kappa shape index (κ2) is 7.19. The van der Waals surface area contributed by atoms with Gasteiger partial charge in [0.05, 0.1) is 7.11 Å². The maximum Gasteiger partial charge on any atom is 0.289 e. The molecule has 0 fully saturated rings. The number of aryl methyl sites for hydroxylation is 1. The molecule has 0 aliphatic carbocycles. The Morgan fingerprint density at radius 1 is 1.18 bits per heavy atom. The van der Waals surface area contributed by atoms with Crippen LogP contribution in [0, 0.1) is 6.92 Å². The molecule has 0 saturated carbocycles. The molecule has 0 unspecified atom stereocenters. The van der Waals surface area contributed by atoms with Gasteiger partial charge in [-0.2, -0.15) is 4.98 Å². The van der Waals surface area contributed by atoms with Crippen LogP contribution in [0.2, 0.25) is 0 Å². The lowest BCUT2D eigenvalue weighted by atomic mass is 10.1. The Bertz CT molecular complexity index is 1130. The first kappa shape index (κ1) is 17.8. The average Bonchev–Trinajstić information content (AvgIpc) is 3.34. The third-order valence-corrected chi connectivity index (χ3v) is 4.44. The van der Waals surface area contributed by atoms with E-state index in [1.807, 2.05) is 43.3 Å². The van der Waals surface area contributed by atoms with Crippen molar-refractivity contribution in [3.05, 3.63) is 65.7 Å². The van der Waals surface area contributed by atoms with Crippen molar-refractivity contribution < 1.29 is 18.5 Å². The van der Waals surface area contributed by atoms with Crippen LogP contribution in [0.4, 0.5) is 0 Å². The third-order valence-electron chi connectivity index (χ3n) is 4.44. The minimum atomic E-state index is -0.284. The largest absolute Gasteiger partial charge is 0.493 e. The third kappa shape index (κ3) is 3.34. The molecule has 142 valence electrons. The molecule has 0 atom stereocenters. The smallest absolute Gasteiger partial charge is 0.289 e. The molecule has 1 amide bonds. The van der Waals surface area contributed by atoms with Gasteiger partial charge in [-0.15, -0.1) is 0 Å². The van der Waals surface area contributed by atoms with Crippen LogP contribution >= 0.6 is 0 Å². The van der Waals surface area contributed by atoms with Gasteiger partial charge in [0, 0.05) is 18.0 Å². The summed E-state index contributed by atoms with van der Waals surface area (Å²) in [6.45, 7) is 2.19. The van der Waals surface area contributed by atoms with Crippen molar-refractivity contribution in [2.45, 2.75) is 13.5 Å². The molecular weight excluding hydrogens is 358 g/mol. The van der Waals surface area contributed by atoms with Crippen LogP contribution < -0.4 is 4.74 Å². The first-order valence-corrected chi connectivity index (χ1v) is 8.77. The second-order valence-electron chi connectivity index (χ2n) is 6.53. The van der Waals surface area contributed by atoms with Gasteiger partial charge in [0.1, 0.15) is 6.54 Å². The number of aromatic nitrogens is 2. The first-order chi connectivity index (χ1) is 13.5. The second-order valence-corrected chi connectivity index (χ2v) is 6.53. The SMILES string of the molecule is COc1cccc2cc(C(=O)N(C)Cc3nc(-c4ccc(C)cc4)no3)oc12. The fourth-order valence-electron chi connectivity index (χ4n) is 2.90. The highest BCUT2D eigenvalue weighted by Crippen LogP contribution is 2.29. The summed E-state index contributed by atoms with van der Waals surface area (Å²) < 4.78 is 16.3. The van der Waals surface area contributed by atoms with Gasteiger partial charge in [0.2, 0.25) is 11.7 Å². The Labute approximate surface area is 161 Å². The van der Waals surface area contributed by atoms with Gasteiger partial charge in [0.15, 0.2) is 17.1 Å². The lowest BCUT2D eigenvalue weighted by Gasteiger charge is -2.12. The average molecular weight is 377 g/mol. The van der Waals surface area contributed by atoms with E-state index in [2.05, 4.69) is 10.1 Å². The lowest BCUT2D eigenvalue weighted by Crippen LogP contribution is -2.25. The van der Waals surface area contributed by atoms with E-state index in [0.717, 1.165) is 16.5 Å². The van der Waals surface area contributed by atoms with Gasteiger partial charge in [0.25, 0.3) is 5.91 Å². The van der Waals surface area contributed by atoms with Crippen LogP contribution in [0.1, 0.15) is 22.0 Å². The molecule has 4 aromatic rings. The molecule has 4 rings (SSSR count). The number of fused-ring (bicyclic) bond motifs is 1. The molecule has 0 aliphatic rings. The monoisotopic (exact) mass is 377 g/mol. The highest BCUT2D eigenvalue weighted by Gasteiger charge is 2.20. The number of para-hydroxylation sites is 1. The predicted octanol–water partition coefficient (Wildman–Crippen LogP) is 4.07. The number of amides is 1. The van der Waals surface area contributed by atoms with E-state index in [1.54, 1.807) is 26.3 Å². The molecule has 0 N–H and O–H groups in total. The Balaban J connectivity index is 1.51. The molecule has 0 saturated heterocycles. The molecule has 2 aromatic carbocycles. The zero-order valence-electron chi connectivity index (χ0n) is 15.8. The Morgan fingerprint density at radius 2 is 1.96 bits per heavy atom. The van der Waals surface area contributed by atoms with Gasteiger partial charge in [-0.3, -0.25) is 4.79 Å². The summed E-state index contributed by atoms with van der Waals surface area (Å²) in [5.74, 6) is 1.36. The molecule has 2 aromatic heterocycles. The van der Waals surface area contributed by atoms with Crippen LogP contribution in [0.5, 0.6) is 5.75 Å². The molecule has 0 aliphatic heterocycles. The van der Waals surface area contributed by atoms with Crippen molar-refractivity contribution in [2.75, 3.05) is 14.2 Å². The summed E-state index contributed by atoms with van der Waals surface area (Å²) in [5, 5.41) is 4.80. The van der Waals surface area contributed by atoms with Crippen molar-refractivity contribution >= 4 is 16.9 Å². The van der Waals surface area contributed by atoms with Crippen LogP contribution in [0.3, 0.4) is 0 Å². The number of methoxy groups -OCH3 is 1. The summed E-state index contributed by atoms with van der Waals surface area (Å²) in [6, 6.07) is 15.0. The summed E-state index contributed by atoms with van der Waals surface area (Å²) in [7, 11) is 3.22. The number of benzene rings is 2. The quantitative estimate of drug-likeness (QED) is 0.521. The molecule has 0 bridgehead atoms. The van der Waals surface area contributed by atoms with E-state index < -0.39 is 0 Å². The van der Waals surface area contributed by atoms with E-state index in [9.17, 15) is 4.79 Å². The number of carbonyl (C=O) groups is 1. The number of hydrogen-bond donors (Lipinski definition) is 0. The minimum absolute atomic E-state index is 0.172. The molecule has 28 heavy (non-hydrogen) atoms. The van der Waals surface area contributed by atoms with Gasteiger partial charge in [-0.05, 0) is 19.1 Å². The molecular formula is C21H19N3O4. The Hall–Kier alpha value is -3.61. The molecule has 7 nitrogen and oxygen atoms in total. The maximum atomic E-state index is 12.7. The molecule has 0 spiro atoms. The number of hydrogen-bond acceptors (Lipinski definition) is 6. The normalized spacial score (nSPS) is 11.0. The molecule has 2 heterocycles. The van der Waals surface area contributed by atoms with Crippen molar-refractivity contribution in [3.8, 4) is 17.1 Å². The van der Waals surface area contributed by atoms with Gasteiger partial charge in [-0.25, -0.2) is 0 Å². The highest BCUT2D eigenvalue weighted by atomic mass is 16.5. The van der Waals surface area contributed by atoms with Crippen molar-refractivity contribution in [1.29, 1.82) is 0 Å². The van der Waals surface area contributed by atoms with Crippen molar-refractivity contribution in [1.82, 2.24) is 15.0 Å². The summed E-state index contributed by atoms with van der Waals surface area (Å²) >= 11 is 0. The maximum absolute atomic E-state index is 12.7. The lowest BCUT2D eigenvalue weighted by molar-refractivity contribution is 0.0740. The van der Waals surface area contributed by atoms with Crippen LogP contribution in [-0.2, 0) is 6.54 Å². The number of nitrogens with zero attached hydrogens (tertiary/aromatic N) is 3. The number of furan rings is 1. The van der Waals surface area contributed by atoms with Gasteiger partial charge in [-0.1, -0.05) is 47.1 Å². The van der Waals surface area contributed by atoms with Crippen LogP contribution in [-0.4, -0.2) is 35.1 Å². The summed E-state index contributed by atoms with van der Waals surface area (Å²) in [6.07, 6.45) is 0. The fraction of sp³-hybridized carbons (Fsp3) is 0.190. The number of ether oxygens (including phenoxy) is 1. The Kier molecular flexibility index (Phi) is 4.57. The van der Waals surface area contributed by atoms with Crippen LogP contribution in [0.25, 0.3) is 22.4 Å². The van der Waals surface area contributed by atoms with Gasteiger partial charge >= 0.3 is 0 Å². The van der Waals surface area contributed by atoms with E-state index in [1.165, 1.54) is 4.90 Å². The van der Waals surface area contributed by atoms with E-state index in [-0.39, 0.29) is 18.2 Å². The summed E-state index contributed by atoms with van der Waals surface area (Å²) in [5.41, 5.74) is 2.56. The molecule has 0 radical (unpaired) electrons. The standard InChI is InChI=1S/C21H19N3O4/c1-13-7-9-14(10-8-13)20-22-18(28-23-20)12-24(2)21(25)17-11-15-5-4-6-16(26-3)19(15)27-17/h4-11H,12H2,1-3H3. The van der Waals surface area contributed by atoms with E-state index >= 15 is 0 Å². The predicted molar refractivity (Wildman–Crippen MR) is 103 cm³/mol. The Morgan fingerprint density at radius 3 is 2.71 bits per heavy atom. The highest BCUT2D eigenvalue weighted by molar-refractivity contribution is 5.97. The summed E-state index contributed by atoms with van der Waals surface area (Å²) in [4.78, 5) is 18.6.